The van der Waals surface area contributed by atoms with Gasteiger partial charge in [-0.25, -0.2) is 0 Å². The third kappa shape index (κ3) is 2.99. The summed E-state index contributed by atoms with van der Waals surface area (Å²) >= 11 is 0. The molecule has 72 valence electrons. The van der Waals surface area contributed by atoms with Crippen LogP contribution in [-0.4, -0.2) is 29.2 Å². The van der Waals surface area contributed by atoms with Gasteiger partial charge in [0.15, 0.2) is 0 Å². The second-order valence-electron chi connectivity index (χ2n) is 3.02. The molecule has 1 aromatic heterocycles. The number of hydrogen-bond acceptors (Lipinski definition) is 3. The minimum absolute atomic E-state index is 0.240. The van der Waals surface area contributed by atoms with E-state index in [1.54, 1.807) is 17.9 Å². The lowest BCUT2D eigenvalue weighted by Crippen LogP contribution is -2.19. The maximum atomic E-state index is 11.2. The van der Waals surface area contributed by atoms with Crippen LogP contribution >= 0.6 is 0 Å². The first-order valence-electron chi connectivity index (χ1n) is 4.37. The monoisotopic (exact) mass is 181 g/mol. The molecule has 0 saturated carbocycles. The van der Waals surface area contributed by atoms with E-state index >= 15 is 0 Å². The minimum atomic E-state index is 0.240. The van der Waals surface area contributed by atoms with Gasteiger partial charge in [-0.1, -0.05) is 0 Å². The molecule has 0 fully saturated rings. The van der Waals surface area contributed by atoms with Crippen molar-refractivity contribution < 1.29 is 4.79 Å². The van der Waals surface area contributed by atoms with Crippen LogP contribution in [0.2, 0.25) is 0 Å². The van der Waals surface area contributed by atoms with Crippen molar-refractivity contribution in [2.75, 3.05) is 13.6 Å². The molecular formula is C9H15N3O. The van der Waals surface area contributed by atoms with Crippen LogP contribution in [0.5, 0.6) is 0 Å². The number of carbonyl (C=O) groups is 1. The van der Waals surface area contributed by atoms with Gasteiger partial charge in [0, 0.05) is 25.4 Å². The SMILES string of the molecule is CNCC(=O)CCc1ccnn1C. The number of Topliss-reactive ketones (excluding diaryl/α,β-unsaturated/α-hetero) is 1. The number of aromatic nitrogens is 2. The number of carbonyl (C=O) groups excluding carboxylic acids is 1. The molecule has 4 heteroatoms. The molecule has 0 unspecified atom stereocenters. The summed E-state index contributed by atoms with van der Waals surface area (Å²) in [5, 5.41) is 6.87. The summed E-state index contributed by atoms with van der Waals surface area (Å²) in [6.07, 6.45) is 3.11. The summed E-state index contributed by atoms with van der Waals surface area (Å²) < 4.78 is 1.80. The standard InChI is InChI=1S/C9H15N3O/c1-10-7-9(13)4-3-8-5-6-11-12(8)2/h5-6,10H,3-4,7H2,1-2H3. The van der Waals surface area contributed by atoms with E-state index in [9.17, 15) is 4.79 Å². The van der Waals surface area contributed by atoms with Gasteiger partial charge in [0.2, 0.25) is 0 Å². The molecule has 0 aliphatic rings. The molecule has 0 radical (unpaired) electrons. The first-order valence-corrected chi connectivity index (χ1v) is 4.37. The number of likely N-dealkylation sites (N-methyl/N-ethyl adjacent to an activating group) is 1. The molecule has 0 aliphatic carbocycles. The fourth-order valence-corrected chi connectivity index (χ4v) is 1.20. The highest BCUT2D eigenvalue weighted by Crippen LogP contribution is 2.00. The molecule has 0 atom stereocenters. The molecule has 1 aromatic rings. The molecule has 0 bridgehead atoms. The summed E-state index contributed by atoms with van der Waals surface area (Å²) in [5.41, 5.74) is 1.10. The number of rotatable bonds is 5. The number of ketones is 1. The highest BCUT2D eigenvalue weighted by Gasteiger charge is 2.03. The van der Waals surface area contributed by atoms with Crippen LogP contribution in [0.15, 0.2) is 12.3 Å². The lowest BCUT2D eigenvalue weighted by atomic mass is 10.2. The molecule has 0 spiro atoms. The van der Waals surface area contributed by atoms with Gasteiger partial charge in [-0.05, 0) is 19.5 Å². The van der Waals surface area contributed by atoms with E-state index in [1.165, 1.54) is 0 Å². The molecule has 0 saturated heterocycles. The lowest BCUT2D eigenvalue weighted by molar-refractivity contribution is -0.118. The summed E-state index contributed by atoms with van der Waals surface area (Å²) in [6, 6.07) is 1.94. The van der Waals surface area contributed by atoms with Crippen molar-refractivity contribution in [2.24, 2.45) is 7.05 Å². The van der Waals surface area contributed by atoms with Crippen molar-refractivity contribution in [3.8, 4) is 0 Å². The zero-order valence-electron chi connectivity index (χ0n) is 8.08. The van der Waals surface area contributed by atoms with Crippen LogP contribution in [-0.2, 0) is 18.3 Å². The first kappa shape index (κ1) is 9.92. The number of aryl methyl sites for hydroxylation is 2. The van der Waals surface area contributed by atoms with Gasteiger partial charge in [-0.2, -0.15) is 5.10 Å². The Morgan fingerprint density at radius 2 is 2.46 bits per heavy atom. The van der Waals surface area contributed by atoms with Crippen molar-refractivity contribution in [3.05, 3.63) is 18.0 Å². The van der Waals surface area contributed by atoms with Gasteiger partial charge in [0.25, 0.3) is 0 Å². The van der Waals surface area contributed by atoms with E-state index in [0.717, 1.165) is 12.1 Å². The second kappa shape index (κ2) is 4.77. The van der Waals surface area contributed by atoms with Gasteiger partial charge >= 0.3 is 0 Å². The predicted octanol–water partition coefficient (Wildman–Crippen LogP) is 0.141. The van der Waals surface area contributed by atoms with Gasteiger partial charge in [0.1, 0.15) is 5.78 Å². The molecule has 0 aliphatic heterocycles. The summed E-state index contributed by atoms with van der Waals surface area (Å²) in [5.74, 6) is 0.240. The second-order valence-corrected chi connectivity index (χ2v) is 3.02. The maximum absolute atomic E-state index is 11.2. The molecule has 0 aromatic carbocycles. The third-order valence-electron chi connectivity index (χ3n) is 1.96. The molecule has 4 nitrogen and oxygen atoms in total. The smallest absolute Gasteiger partial charge is 0.146 e. The fourth-order valence-electron chi connectivity index (χ4n) is 1.20. The number of nitrogens with zero attached hydrogens (tertiary/aromatic N) is 2. The molecule has 1 heterocycles. The molecule has 0 amide bonds. The number of nitrogens with one attached hydrogen (secondary N) is 1. The van der Waals surface area contributed by atoms with Gasteiger partial charge in [-0.3, -0.25) is 9.48 Å². The first-order chi connectivity index (χ1) is 6.24. The van der Waals surface area contributed by atoms with Crippen LogP contribution in [0.25, 0.3) is 0 Å². The predicted molar refractivity (Wildman–Crippen MR) is 50.5 cm³/mol. The van der Waals surface area contributed by atoms with Crippen LogP contribution in [0.4, 0.5) is 0 Å². The van der Waals surface area contributed by atoms with E-state index in [2.05, 4.69) is 10.4 Å². The Hall–Kier alpha value is -1.16. The summed E-state index contributed by atoms with van der Waals surface area (Å²) in [4.78, 5) is 11.2. The van der Waals surface area contributed by atoms with E-state index in [0.29, 0.717) is 13.0 Å². The van der Waals surface area contributed by atoms with Gasteiger partial charge in [0.05, 0.1) is 6.54 Å². The average molecular weight is 181 g/mol. The largest absolute Gasteiger partial charge is 0.313 e. The van der Waals surface area contributed by atoms with E-state index in [-0.39, 0.29) is 5.78 Å². The third-order valence-corrected chi connectivity index (χ3v) is 1.96. The topological polar surface area (TPSA) is 46.9 Å². The van der Waals surface area contributed by atoms with Crippen molar-refractivity contribution in [1.82, 2.24) is 15.1 Å². The quantitative estimate of drug-likeness (QED) is 0.703. The van der Waals surface area contributed by atoms with E-state index in [1.807, 2.05) is 13.1 Å². The van der Waals surface area contributed by atoms with Crippen molar-refractivity contribution in [3.63, 3.8) is 0 Å². The molecule has 1 N–H and O–H groups in total. The van der Waals surface area contributed by atoms with Gasteiger partial charge in [-0.15, -0.1) is 0 Å². The van der Waals surface area contributed by atoms with E-state index in [4.69, 9.17) is 0 Å². The Balaban J connectivity index is 2.35. The summed E-state index contributed by atoms with van der Waals surface area (Å²) in [7, 11) is 3.67. The van der Waals surface area contributed by atoms with Crippen molar-refractivity contribution >= 4 is 5.78 Å². The highest BCUT2D eigenvalue weighted by atomic mass is 16.1. The zero-order chi connectivity index (χ0) is 9.68. The van der Waals surface area contributed by atoms with Gasteiger partial charge < -0.3 is 5.32 Å². The Kier molecular flexibility index (Phi) is 3.64. The Labute approximate surface area is 77.9 Å². The lowest BCUT2D eigenvalue weighted by Gasteiger charge is -2.00. The fraction of sp³-hybridized carbons (Fsp3) is 0.556. The molecule has 1 rings (SSSR count). The van der Waals surface area contributed by atoms with Crippen molar-refractivity contribution in [2.45, 2.75) is 12.8 Å². The Morgan fingerprint density at radius 3 is 3.00 bits per heavy atom. The van der Waals surface area contributed by atoms with Crippen LogP contribution in [0.1, 0.15) is 12.1 Å². The molecule has 13 heavy (non-hydrogen) atoms. The van der Waals surface area contributed by atoms with Crippen LogP contribution in [0.3, 0.4) is 0 Å². The Morgan fingerprint density at radius 1 is 1.69 bits per heavy atom. The minimum Gasteiger partial charge on any atom is -0.313 e. The van der Waals surface area contributed by atoms with Crippen LogP contribution < -0.4 is 5.32 Å². The average Bonchev–Trinajstić information content (AvgIpc) is 2.48. The normalized spacial score (nSPS) is 10.3. The zero-order valence-corrected chi connectivity index (χ0v) is 8.08. The highest BCUT2D eigenvalue weighted by molar-refractivity contribution is 5.80. The van der Waals surface area contributed by atoms with E-state index < -0.39 is 0 Å². The summed E-state index contributed by atoms with van der Waals surface area (Å²) in [6.45, 7) is 0.456. The van der Waals surface area contributed by atoms with Crippen molar-refractivity contribution in [1.29, 1.82) is 0 Å². The Bertz CT molecular complexity index is 280. The van der Waals surface area contributed by atoms with Crippen LogP contribution in [0, 0.1) is 0 Å². The number of hydrogen-bond donors (Lipinski definition) is 1. The molecular weight excluding hydrogens is 166 g/mol. The maximum Gasteiger partial charge on any atom is 0.146 e.